The minimum atomic E-state index is -3.84. The molecule has 0 spiro atoms. The van der Waals surface area contributed by atoms with E-state index in [-0.39, 0.29) is 23.1 Å². The molecule has 1 aliphatic rings. The smallest absolute Gasteiger partial charge is 0.246 e. The molecule has 0 unspecified atom stereocenters. The first-order valence-corrected chi connectivity index (χ1v) is 12.2. The number of hydrogen-bond donors (Lipinski definition) is 1. The minimum absolute atomic E-state index is 0.0150. The van der Waals surface area contributed by atoms with Gasteiger partial charge in [0.2, 0.25) is 15.9 Å². The van der Waals surface area contributed by atoms with Gasteiger partial charge in [-0.25, -0.2) is 8.42 Å². The zero-order valence-corrected chi connectivity index (χ0v) is 18.6. The predicted molar refractivity (Wildman–Crippen MR) is 116 cm³/mol. The molecule has 1 N–H and O–H groups in total. The zero-order chi connectivity index (χ0) is 21.0. The van der Waals surface area contributed by atoms with E-state index in [0.717, 1.165) is 4.90 Å². The summed E-state index contributed by atoms with van der Waals surface area (Å²) in [7, 11) is -2.42. The van der Waals surface area contributed by atoms with Gasteiger partial charge in [-0.2, -0.15) is 4.31 Å². The molecule has 0 radical (unpaired) electrons. The molecule has 1 heterocycles. The monoisotopic (exact) mass is 454 g/mol. The fourth-order valence-corrected chi connectivity index (χ4v) is 5.71. The highest BCUT2D eigenvalue weighted by Gasteiger charge is 2.35. The van der Waals surface area contributed by atoms with Crippen LogP contribution in [0.25, 0.3) is 0 Å². The quantitative estimate of drug-likeness (QED) is 0.665. The summed E-state index contributed by atoms with van der Waals surface area (Å²) < 4.78 is 32.9. The van der Waals surface area contributed by atoms with E-state index < -0.39 is 15.9 Å². The summed E-state index contributed by atoms with van der Waals surface area (Å²) in [5.41, 5.74) is 0.707. The number of piperidine rings is 1. The van der Waals surface area contributed by atoms with Crippen LogP contribution in [0.15, 0.2) is 52.3 Å². The number of hydrogen-bond acceptors (Lipinski definition) is 5. The maximum atomic E-state index is 13.2. The SMILES string of the molecule is COc1ccc(Cl)cc1S(=O)(=O)N1CCC[C@H](C(=O)Nc2cccc(SC)c2)C1. The Bertz CT molecular complexity index is 998. The number of anilines is 1. The molecule has 29 heavy (non-hydrogen) atoms. The number of rotatable bonds is 6. The molecule has 0 aliphatic carbocycles. The Hall–Kier alpha value is -1.74. The van der Waals surface area contributed by atoms with Crippen LogP contribution in [0.3, 0.4) is 0 Å². The van der Waals surface area contributed by atoms with Crippen molar-refractivity contribution < 1.29 is 17.9 Å². The Balaban J connectivity index is 1.77. The van der Waals surface area contributed by atoms with E-state index in [1.807, 2.05) is 30.5 Å². The molecular weight excluding hydrogens is 432 g/mol. The summed E-state index contributed by atoms with van der Waals surface area (Å²) in [5.74, 6) is -0.377. The van der Waals surface area contributed by atoms with Crippen LogP contribution in [0.2, 0.25) is 5.02 Å². The number of ether oxygens (including phenoxy) is 1. The van der Waals surface area contributed by atoms with Gasteiger partial charge in [0.25, 0.3) is 0 Å². The van der Waals surface area contributed by atoms with Gasteiger partial charge in [0.05, 0.1) is 13.0 Å². The molecule has 1 saturated heterocycles. The molecule has 0 saturated carbocycles. The predicted octanol–water partition coefficient (Wildman–Crippen LogP) is 4.11. The summed E-state index contributed by atoms with van der Waals surface area (Å²) in [6, 6.07) is 12.1. The van der Waals surface area contributed by atoms with Crippen LogP contribution >= 0.6 is 23.4 Å². The van der Waals surface area contributed by atoms with Crippen LogP contribution in [-0.2, 0) is 14.8 Å². The second-order valence-electron chi connectivity index (χ2n) is 6.72. The maximum absolute atomic E-state index is 13.2. The van der Waals surface area contributed by atoms with Crippen molar-refractivity contribution in [2.24, 2.45) is 5.92 Å². The van der Waals surface area contributed by atoms with Crippen molar-refractivity contribution in [2.45, 2.75) is 22.6 Å². The van der Waals surface area contributed by atoms with Crippen molar-refractivity contribution in [3.63, 3.8) is 0 Å². The molecule has 1 atom stereocenters. The average molecular weight is 455 g/mol. The number of carbonyl (C=O) groups is 1. The highest BCUT2D eigenvalue weighted by Crippen LogP contribution is 2.32. The van der Waals surface area contributed by atoms with Gasteiger partial charge in [-0.15, -0.1) is 11.8 Å². The summed E-state index contributed by atoms with van der Waals surface area (Å²) in [5, 5.41) is 3.22. The van der Waals surface area contributed by atoms with Gasteiger partial charge in [0.1, 0.15) is 10.6 Å². The molecule has 2 aromatic rings. The van der Waals surface area contributed by atoms with Crippen LogP contribution in [0, 0.1) is 5.92 Å². The van der Waals surface area contributed by atoms with Crippen LogP contribution in [0.5, 0.6) is 5.75 Å². The summed E-state index contributed by atoms with van der Waals surface area (Å²) in [4.78, 5) is 13.8. The molecule has 1 amide bonds. The number of benzene rings is 2. The third-order valence-corrected chi connectivity index (χ3v) is 7.68. The van der Waals surface area contributed by atoms with E-state index in [1.165, 1.54) is 23.5 Å². The van der Waals surface area contributed by atoms with Crippen molar-refractivity contribution >= 4 is 45.0 Å². The van der Waals surface area contributed by atoms with E-state index in [9.17, 15) is 13.2 Å². The highest BCUT2D eigenvalue weighted by molar-refractivity contribution is 7.98. The van der Waals surface area contributed by atoms with Gasteiger partial charge >= 0.3 is 0 Å². The maximum Gasteiger partial charge on any atom is 0.246 e. The van der Waals surface area contributed by atoms with Crippen molar-refractivity contribution in [2.75, 3.05) is 31.8 Å². The lowest BCUT2D eigenvalue weighted by molar-refractivity contribution is -0.120. The number of nitrogens with zero attached hydrogens (tertiary/aromatic N) is 1. The fourth-order valence-electron chi connectivity index (χ4n) is 3.31. The molecular formula is C20H23ClN2O4S2. The topological polar surface area (TPSA) is 75.7 Å². The van der Waals surface area contributed by atoms with Gasteiger partial charge < -0.3 is 10.1 Å². The Kier molecular flexibility index (Phi) is 7.10. The second-order valence-corrected chi connectivity index (χ2v) is 9.94. The number of amides is 1. The zero-order valence-electron chi connectivity index (χ0n) is 16.2. The lowest BCUT2D eigenvalue weighted by Gasteiger charge is -2.31. The second kappa shape index (κ2) is 9.38. The molecule has 9 heteroatoms. The van der Waals surface area contributed by atoms with Crippen LogP contribution in [0.1, 0.15) is 12.8 Å². The first-order chi connectivity index (χ1) is 13.8. The number of carbonyl (C=O) groups excluding carboxylic acids is 1. The Morgan fingerprint density at radius 3 is 2.79 bits per heavy atom. The van der Waals surface area contributed by atoms with E-state index in [4.69, 9.17) is 16.3 Å². The normalized spacial score (nSPS) is 17.7. The van der Waals surface area contributed by atoms with Crippen LogP contribution in [0.4, 0.5) is 5.69 Å². The Morgan fingerprint density at radius 1 is 1.28 bits per heavy atom. The molecule has 1 fully saturated rings. The molecule has 2 aromatic carbocycles. The lowest BCUT2D eigenvalue weighted by Crippen LogP contribution is -2.43. The fraction of sp³-hybridized carbons (Fsp3) is 0.350. The molecule has 6 nitrogen and oxygen atoms in total. The average Bonchev–Trinajstić information content (AvgIpc) is 2.74. The summed E-state index contributed by atoms with van der Waals surface area (Å²) in [6.45, 7) is 0.468. The number of thioether (sulfide) groups is 1. The summed E-state index contributed by atoms with van der Waals surface area (Å²) in [6.07, 6.45) is 3.20. The molecule has 1 aliphatic heterocycles. The van der Waals surface area contributed by atoms with Crippen molar-refractivity contribution in [1.82, 2.24) is 4.31 Å². The van der Waals surface area contributed by atoms with Crippen molar-refractivity contribution in [3.05, 3.63) is 47.5 Å². The lowest BCUT2D eigenvalue weighted by atomic mass is 9.99. The molecule has 0 aromatic heterocycles. The number of sulfonamides is 1. The minimum Gasteiger partial charge on any atom is -0.495 e. The third kappa shape index (κ3) is 5.06. The van der Waals surface area contributed by atoms with Crippen LogP contribution < -0.4 is 10.1 Å². The Morgan fingerprint density at radius 2 is 2.07 bits per heavy atom. The largest absolute Gasteiger partial charge is 0.495 e. The molecule has 3 rings (SSSR count). The molecule has 156 valence electrons. The standard InChI is InChI=1S/C20H23ClN2O4S2/c1-27-18-9-8-15(21)11-19(18)29(25,26)23-10-4-5-14(13-23)20(24)22-16-6-3-7-17(12-16)28-2/h3,6-9,11-12,14H,4-5,10,13H2,1-2H3,(H,22,24)/t14-/m0/s1. The first kappa shape index (κ1) is 22.0. The van der Waals surface area contributed by atoms with Crippen molar-refractivity contribution in [3.8, 4) is 5.75 Å². The highest BCUT2D eigenvalue weighted by atomic mass is 35.5. The number of methoxy groups -OCH3 is 1. The van der Waals surface area contributed by atoms with Gasteiger partial charge in [0, 0.05) is 28.7 Å². The van der Waals surface area contributed by atoms with Gasteiger partial charge in [-0.1, -0.05) is 17.7 Å². The third-order valence-electron chi connectivity index (χ3n) is 4.84. The number of halogens is 1. The Labute approximate surface area is 180 Å². The molecule has 0 bridgehead atoms. The summed E-state index contributed by atoms with van der Waals surface area (Å²) >= 11 is 7.60. The van der Waals surface area contributed by atoms with E-state index >= 15 is 0 Å². The van der Waals surface area contributed by atoms with E-state index in [2.05, 4.69) is 5.32 Å². The van der Waals surface area contributed by atoms with E-state index in [0.29, 0.717) is 30.1 Å². The first-order valence-electron chi connectivity index (χ1n) is 9.13. The van der Waals surface area contributed by atoms with Gasteiger partial charge in [-0.3, -0.25) is 4.79 Å². The van der Waals surface area contributed by atoms with Crippen LogP contribution in [-0.4, -0.2) is 45.1 Å². The van der Waals surface area contributed by atoms with E-state index in [1.54, 1.807) is 17.8 Å². The van der Waals surface area contributed by atoms with Crippen molar-refractivity contribution in [1.29, 1.82) is 0 Å². The van der Waals surface area contributed by atoms with Gasteiger partial charge in [0.15, 0.2) is 0 Å². The van der Waals surface area contributed by atoms with Gasteiger partial charge in [-0.05, 0) is 55.5 Å². The number of nitrogens with one attached hydrogen (secondary N) is 1.